The van der Waals surface area contributed by atoms with E-state index in [1.165, 1.54) is 0 Å². The molecule has 0 heterocycles. The molecule has 0 aromatic carbocycles. The number of carbonyl (C=O) groups is 1. The van der Waals surface area contributed by atoms with E-state index in [9.17, 15) is 4.79 Å². The van der Waals surface area contributed by atoms with Crippen molar-refractivity contribution in [3.8, 4) is 12.3 Å². The lowest BCUT2D eigenvalue weighted by molar-refractivity contribution is -0.124. The van der Waals surface area contributed by atoms with Crippen LogP contribution in [0.5, 0.6) is 0 Å². The van der Waals surface area contributed by atoms with Crippen LogP contribution in [0.3, 0.4) is 0 Å². The van der Waals surface area contributed by atoms with Gasteiger partial charge in [-0.1, -0.05) is 13.8 Å². The number of hydrogen-bond donors (Lipinski definition) is 1. The van der Waals surface area contributed by atoms with Crippen LogP contribution in [-0.2, 0) is 4.79 Å². The maximum absolute atomic E-state index is 11.5. The molecule has 0 aliphatic carbocycles. The number of ketones is 1. The van der Waals surface area contributed by atoms with Crippen molar-refractivity contribution in [2.24, 2.45) is 11.7 Å². The van der Waals surface area contributed by atoms with Crippen molar-refractivity contribution < 1.29 is 4.79 Å². The molecule has 0 aromatic rings. The first kappa shape index (κ1) is 11.2. The van der Waals surface area contributed by atoms with Crippen molar-refractivity contribution in [3.05, 3.63) is 0 Å². The molecule has 1 atom stereocenters. The minimum atomic E-state index is -0.458. The molecule has 2 N–H and O–H groups in total. The molecule has 0 bridgehead atoms. The Labute approximate surface area is 74.5 Å². The molecule has 0 radical (unpaired) electrons. The molecule has 68 valence electrons. The van der Waals surface area contributed by atoms with Crippen LogP contribution in [0.15, 0.2) is 0 Å². The molecule has 0 rings (SSSR count). The summed E-state index contributed by atoms with van der Waals surface area (Å²) in [4.78, 5) is 11.5. The molecule has 0 aromatic heterocycles. The van der Waals surface area contributed by atoms with Crippen LogP contribution in [0, 0.1) is 18.3 Å². The Morgan fingerprint density at radius 3 is 2.33 bits per heavy atom. The van der Waals surface area contributed by atoms with Crippen LogP contribution >= 0.6 is 0 Å². The van der Waals surface area contributed by atoms with E-state index < -0.39 is 6.04 Å². The Hall–Kier alpha value is -0.810. The molecule has 0 fully saturated rings. The molecule has 0 aliphatic heterocycles. The van der Waals surface area contributed by atoms with E-state index in [2.05, 4.69) is 5.92 Å². The highest BCUT2D eigenvalue weighted by Crippen LogP contribution is 2.11. The maximum atomic E-state index is 11.5. The number of nitrogens with two attached hydrogens (primary N) is 1. The third-order valence-electron chi connectivity index (χ3n) is 2.09. The van der Waals surface area contributed by atoms with Crippen molar-refractivity contribution in [1.82, 2.24) is 0 Å². The van der Waals surface area contributed by atoms with Gasteiger partial charge in [0.1, 0.15) is 0 Å². The molecule has 0 aliphatic rings. The fourth-order valence-electron chi connectivity index (χ4n) is 1.22. The monoisotopic (exact) mass is 167 g/mol. The largest absolute Gasteiger partial charge is 0.321 e. The zero-order valence-corrected chi connectivity index (χ0v) is 7.84. The van der Waals surface area contributed by atoms with Crippen molar-refractivity contribution in [2.45, 2.75) is 39.2 Å². The highest BCUT2D eigenvalue weighted by Gasteiger charge is 2.20. The van der Waals surface area contributed by atoms with Gasteiger partial charge in [0.2, 0.25) is 0 Å². The molecule has 2 nitrogen and oxygen atoms in total. The molecule has 2 heteroatoms. The topological polar surface area (TPSA) is 43.1 Å². The van der Waals surface area contributed by atoms with E-state index in [1.807, 2.05) is 13.8 Å². The van der Waals surface area contributed by atoms with Gasteiger partial charge in [0.05, 0.1) is 6.04 Å². The lowest BCUT2D eigenvalue weighted by atomic mass is 9.92. The summed E-state index contributed by atoms with van der Waals surface area (Å²) in [5, 5.41) is 0. The first-order chi connectivity index (χ1) is 5.67. The maximum Gasteiger partial charge on any atom is 0.153 e. The third-order valence-corrected chi connectivity index (χ3v) is 2.09. The second kappa shape index (κ2) is 5.79. The fourth-order valence-corrected chi connectivity index (χ4v) is 1.22. The van der Waals surface area contributed by atoms with Crippen molar-refractivity contribution in [1.29, 1.82) is 0 Å². The summed E-state index contributed by atoms with van der Waals surface area (Å²) in [5.41, 5.74) is 5.59. The smallest absolute Gasteiger partial charge is 0.153 e. The predicted molar refractivity (Wildman–Crippen MR) is 50.5 cm³/mol. The highest BCUT2D eigenvalue weighted by molar-refractivity contribution is 5.86. The summed E-state index contributed by atoms with van der Waals surface area (Å²) < 4.78 is 0. The first-order valence-electron chi connectivity index (χ1n) is 4.40. The average molecular weight is 167 g/mol. The number of Topliss-reactive ketones (excluding diaryl/α,β-unsaturated/α-hetero) is 1. The second-order valence-corrected chi connectivity index (χ2v) is 2.93. The van der Waals surface area contributed by atoms with E-state index in [1.54, 1.807) is 0 Å². The molecular weight excluding hydrogens is 150 g/mol. The quantitative estimate of drug-likeness (QED) is 0.628. The summed E-state index contributed by atoms with van der Waals surface area (Å²) in [6.45, 7) is 3.99. The van der Waals surface area contributed by atoms with Gasteiger partial charge in [0.25, 0.3) is 0 Å². The van der Waals surface area contributed by atoms with Gasteiger partial charge in [-0.2, -0.15) is 0 Å². The van der Waals surface area contributed by atoms with E-state index in [4.69, 9.17) is 12.2 Å². The summed E-state index contributed by atoms with van der Waals surface area (Å²) in [6, 6.07) is -0.458. The first-order valence-corrected chi connectivity index (χ1v) is 4.40. The van der Waals surface area contributed by atoms with Crippen LogP contribution in [0.2, 0.25) is 0 Å². The molecule has 0 saturated carbocycles. The van der Waals surface area contributed by atoms with Crippen LogP contribution in [0.4, 0.5) is 0 Å². The van der Waals surface area contributed by atoms with Gasteiger partial charge in [-0.3, -0.25) is 4.79 Å². The third kappa shape index (κ3) is 3.06. The SMILES string of the molecule is C#CCC(N)C(=O)C(CC)CC. The second-order valence-electron chi connectivity index (χ2n) is 2.93. The van der Waals surface area contributed by atoms with E-state index in [0.29, 0.717) is 6.42 Å². The molecule has 0 saturated heterocycles. The lowest BCUT2D eigenvalue weighted by Crippen LogP contribution is -2.34. The van der Waals surface area contributed by atoms with Gasteiger partial charge in [-0.15, -0.1) is 12.3 Å². The number of hydrogen-bond acceptors (Lipinski definition) is 2. The Morgan fingerprint density at radius 2 is 2.00 bits per heavy atom. The van der Waals surface area contributed by atoms with Crippen LogP contribution in [0.25, 0.3) is 0 Å². The highest BCUT2D eigenvalue weighted by atomic mass is 16.1. The number of carbonyl (C=O) groups excluding carboxylic acids is 1. The standard InChI is InChI=1S/C10H17NO/c1-4-7-9(11)10(12)8(5-2)6-3/h1,8-9H,5-7,11H2,2-3H3. The Morgan fingerprint density at radius 1 is 1.50 bits per heavy atom. The van der Waals surface area contributed by atoms with Crippen LogP contribution in [0.1, 0.15) is 33.1 Å². The molecule has 1 unspecified atom stereocenters. The van der Waals surface area contributed by atoms with Crippen molar-refractivity contribution >= 4 is 5.78 Å². The van der Waals surface area contributed by atoms with E-state index >= 15 is 0 Å². The average Bonchev–Trinajstić information content (AvgIpc) is 2.07. The van der Waals surface area contributed by atoms with E-state index in [0.717, 1.165) is 12.8 Å². The number of rotatable bonds is 5. The summed E-state index contributed by atoms with van der Waals surface area (Å²) in [7, 11) is 0. The molecule has 0 amide bonds. The van der Waals surface area contributed by atoms with Gasteiger partial charge in [-0.05, 0) is 12.8 Å². The molecule has 12 heavy (non-hydrogen) atoms. The lowest BCUT2D eigenvalue weighted by Gasteiger charge is -2.14. The number of terminal acetylenes is 1. The summed E-state index contributed by atoms with van der Waals surface area (Å²) in [6.07, 6.45) is 7.13. The van der Waals surface area contributed by atoms with Crippen LogP contribution < -0.4 is 5.73 Å². The predicted octanol–water partition coefficient (Wildman–Crippen LogP) is 1.34. The Balaban J connectivity index is 4.08. The van der Waals surface area contributed by atoms with Gasteiger partial charge < -0.3 is 5.73 Å². The van der Waals surface area contributed by atoms with Gasteiger partial charge >= 0.3 is 0 Å². The van der Waals surface area contributed by atoms with Gasteiger partial charge in [-0.25, -0.2) is 0 Å². The summed E-state index contributed by atoms with van der Waals surface area (Å²) >= 11 is 0. The van der Waals surface area contributed by atoms with Gasteiger partial charge in [0.15, 0.2) is 5.78 Å². The van der Waals surface area contributed by atoms with E-state index in [-0.39, 0.29) is 11.7 Å². The summed E-state index contributed by atoms with van der Waals surface area (Å²) in [5.74, 6) is 2.61. The molecular formula is C10H17NO. The fraction of sp³-hybridized carbons (Fsp3) is 0.700. The Bertz CT molecular complexity index is 177. The molecule has 0 spiro atoms. The minimum absolute atomic E-state index is 0.0911. The Kier molecular flexibility index (Phi) is 5.40. The van der Waals surface area contributed by atoms with Crippen molar-refractivity contribution in [3.63, 3.8) is 0 Å². The zero-order chi connectivity index (χ0) is 9.56. The van der Waals surface area contributed by atoms with Crippen molar-refractivity contribution in [2.75, 3.05) is 0 Å². The van der Waals surface area contributed by atoms with Gasteiger partial charge in [0, 0.05) is 12.3 Å². The van der Waals surface area contributed by atoms with Crippen LogP contribution in [-0.4, -0.2) is 11.8 Å². The zero-order valence-electron chi connectivity index (χ0n) is 7.84. The normalized spacial score (nSPS) is 12.6. The minimum Gasteiger partial charge on any atom is -0.321 e.